The minimum absolute atomic E-state index is 0.00753. The molecule has 3 rings (SSSR count). The lowest BCUT2D eigenvalue weighted by atomic mass is 9.84. The van der Waals surface area contributed by atoms with Gasteiger partial charge in [0.05, 0.1) is 5.41 Å². The van der Waals surface area contributed by atoms with Gasteiger partial charge in [-0.1, -0.05) is 25.1 Å². The lowest BCUT2D eigenvalue weighted by molar-refractivity contribution is 0.285. The average Bonchev–Trinajstić information content (AvgIpc) is 3.16. The van der Waals surface area contributed by atoms with Crippen molar-refractivity contribution in [1.29, 1.82) is 0 Å². The number of hydrogen-bond donors (Lipinski definition) is 1. The third-order valence-electron chi connectivity index (χ3n) is 4.28. The molecule has 1 atom stereocenters. The molecule has 1 unspecified atom stereocenters. The molecule has 0 amide bonds. The molecule has 0 aromatic carbocycles. The number of aromatic nitrogens is 3. The lowest BCUT2D eigenvalue weighted by Gasteiger charge is -2.20. The van der Waals surface area contributed by atoms with E-state index in [0.717, 1.165) is 49.5 Å². The fraction of sp³-hybridized carbons (Fsp3) is 0.533. The third kappa shape index (κ3) is 2.12. The minimum Gasteiger partial charge on any atom is -0.338 e. The van der Waals surface area contributed by atoms with Crippen LogP contribution >= 0.6 is 0 Å². The molecule has 3 heterocycles. The molecule has 1 aliphatic heterocycles. The van der Waals surface area contributed by atoms with Crippen molar-refractivity contribution >= 4 is 0 Å². The minimum atomic E-state index is -0.00753. The summed E-state index contributed by atoms with van der Waals surface area (Å²) in [6.45, 7) is 6.20. The predicted octanol–water partition coefficient (Wildman–Crippen LogP) is 2.34. The Morgan fingerprint density at radius 1 is 1.40 bits per heavy atom. The molecule has 2 aromatic rings. The largest absolute Gasteiger partial charge is 0.338 e. The molecule has 1 N–H and O–H groups in total. The zero-order valence-electron chi connectivity index (χ0n) is 12.0. The summed E-state index contributed by atoms with van der Waals surface area (Å²) in [5.41, 5.74) is 1.98. The van der Waals surface area contributed by atoms with Gasteiger partial charge >= 0.3 is 0 Å². The van der Waals surface area contributed by atoms with Crippen LogP contribution in [-0.4, -0.2) is 28.2 Å². The zero-order chi connectivity index (χ0) is 14.0. The fourth-order valence-electron chi connectivity index (χ4n) is 2.84. The van der Waals surface area contributed by atoms with Crippen LogP contribution in [0.5, 0.6) is 0 Å². The van der Waals surface area contributed by atoms with Crippen LogP contribution in [0.1, 0.15) is 38.1 Å². The summed E-state index contributed by atoms with van der Waals surface area (Å²) in [5.74, 6) is 1.35. The summed E-state index contributed by atoms with van der Waals surface area (Å²) in [4.78, 5) is 9.04. The Balaban J connectivity index is 1.98. The standard InChI is InChI=1S/C15H20N4O/c1-3-11-6-5-8-17-12(11)13-18-14(20-19-13)15(4-2)7-9-16-10-15/h5-6,8,16H,3-4,7,9-10H2,1-2H3. The summed E-state index contributed by atoms with van der Waals surface area (Å²) in [6, 6.07) is 4.00. The van der Waals surface area contributed by atoms with E-state index in [-0.39, 0.29) is 5.41 Å². The highest BCUT2D eigenvalue weighted by Crippen LogP contribution is 2.34. The van der Waals surface area contributed by atoms with Gasteiger partial charge in [-0.25, -0.2) is 0 Å². The molecule has 0 radical (unpaired) electrons. The van der Waals surface area contributed by atoms with Gasteiger partial charge in [0, 0.05) is 12.7 Å². The van der Waals surface area contributed by atoms with E-state index in [1.807, 2.05) is 6.07 Å². The smallest absolute Gasteiger partial charge is 0.234 e. The van der Waals surface area contributed by atoms with E-state index >= 15 is 0 Å². The number of hydrogen-bond acceptors (Lipinski definition) is 5. The molecule has 106 valence electrons. The summed E-state index contributed by atoms with van der Waals surface area (Å²) >= 11 is 0. The van der Waals surface area contributed by atoms with Crippen molar-refractivity contribution in [3.05, 3.63) is 29.8 Å². The van der Waals surface area contributed by atoms with Crippen molar-refractivity contribution in [3.8, 4) is 11.5 Å². The highest BCUT2D eigenvalue weighted by Gasteiger charge is 2.39. The fourth-order valence-corrected chi connectivity index (χ4v) is 2.84. The van der Waals surface area contributed by atoms with E-state index in [4.69, 9.17) is 4.52 Å². The number of rotatable bonds is 4. The van der Waals surface area contributed by atoms with Crippen LogP contribution in [0.4, 0.5) is 0 Å². The Hall–Kier alpha value is -1.75. The van der Waals surface area contributed by atoms with Crippen LogP contribution in [0.2, 0.25) is 0 Å². The Bertz CT molecular complexity index is 587. The molecule has 20 heavy (non-hydrogen) atoms. The van der Waals surface area contributed by atoms with E-state index in [0.29, 0.717) is 5.82 Å². The maximum absolute atomic E-state index is 5.56. The van der Waals surface area contributed by atoms with Gasteiger partial charge in [-0.05, 0) is 37.4 Å². The molecule has 5 nitrogen and oxygen atoms in total. The average molecular weight is 272 g/mol. The highest BCUT2D eigenvalue weighted by molar-refractivity contribution is 5.54. The van der Waals surface area contributed by atoms with E-state index in [1.54, 1.807) is 6.20 Å². The molecule has 2 aromatic heterocycles. The second-order valence-corrected chi connectivity index (χ2v) is 5.35. The topological polar surface area (TPSA) is 63.8 Å². The lowest BCUT2D eigenvalue weighted by Crippen LogP contribution is -2.28. The first-order valence-corrected chi connectivity index (χ1v) is 7.28. The Labute approximate surface area is 118 Å². The van der Waals surface area contributed by atoms with E-state index in [1.165, 1.54) is 0 Å². The summed E-state index contributed by atoms with van der Waals surface area (Å²) in [5, 5.41) is 7.55. The van der Waals surface area contributed by atoms with Gasteiger partial charge in [0.15, 0.2) is 0 Å². The third-order valence-corrected chi connectivity index (χ3v) is 4.28. The first kappa shape index (κ1) is 13.2. The summed E-state index contributed by atoms with van der Waals surface area (Å²) in [6.07, 6.45) is 4.74. The molecule has 1 aliphatic rings. The normalized spacial score (nSPS) is 22.3. The van der Waals surface area contributed by atoms with Crippen LogP contribution in [0.3, 0.4) is 0 Å². The van der Waals surface area contributed by atoms with Gasteiger partial charge in [-0.2, -0.15) is 4.98 Å². The SMILES string of the molecule is CCc1cccnc1-c1noc(C2(CC)CCNC2)n1. The van der Waals surface area contributed by atoms with Crippen LogP contribution in [0, 0.1) is 0 Å². The number of nitrogens with one attached hydrogen (secondary N) is 1. The van der Waals surface area contributed by atoms with E-state index < -0.39 is 0 Å². The maximum atomic E-state index is 5.56. The van der Waals surface area contributed by atoms with Crippen molar-refractivity contribution in [3.63, 3.8) is 0 Å². The molecule has 0 spiro atoms. The zero-order valence-corrected chi connectivity index (χ0v) is 12.0. The second kappa shape index (κ2) is 5.32. The van der Waals surface area contributed by atoms with Crippen LogP contribution in [0.25, 0.3) is 11.5 Å². The van der Waals surface area contributed by atoms with Crippen molar-refractivity contribution in [2.24, 2.45) is 0 Å². The Morgan fingerprint density at radius 3 is 3.00 bits per heavy atom. The van der Waals surface area contributed by atoms with Gasteiger partial charge < -0.3 is 9.84 Å². The van der Waals surface area contributed by atoms with Crippen LogP contribution < -0.4 is 5.32 Å². The van der Waals surface area contributed by atoms with E-state index in [9.17, 15) is 0 Å². The van der Waals surface area contributed by atoms with Crippen molar-refractivity contribution in [2.45, 2.75) is 38.5 Å². The van der Waals surface area contributed by atoms with Crippen LogP contribution in [-0.2, 0) is 11.8 Å². The predicted molar refractivity (Wildman–Crippen MR) is 76.4 cm³/mol. The summed E-state index contributed by atoms with van der Waals surface area (Å²) in [7, 11) is 0. The molecule has 1 fully saturated rings. The molecule has 0 saturated carbocycles. The van der Waals surface area contributed by atoms with Crippen molar-refractivity contribution < 1.29 is 4.52 Å². The molecular weight excluding hydrogens is 252 g/mol. The van der Waals surface area contributed by atoms with Gasteiger partial charge in [-0.3, -0.25) is 4.98 Å². The maximum Gasteiger partial charge on any atom is 0.234 e. The second-order valence-electron chi connectivity index (χ2n) is 5.35. The Kier molecular flexibility index (Phi) is 3.53. The first-order chi connectivity index (χ1) is 9.79. The van der Waals surface area contributed by atoms with Gasteiger partial charge in [0.25, 0.3) is 0 Å². The number of pyridine rings is 1. The van der Waals surface area contributed by atoms with Gasteiger partial charge in [0.1, 0.15) is 5.69 Å². The quantitative estimate of drug-likeness (QED) is 0.925. The van der Waals surface area contributed by atoms with Gasteiger partial charge in [0.2, 0.25) is 11.7 Å². The summed E-state index contributed by atoms with van der Waals surface area (Å²) < 4.78 is 5.56. The van der Waals surface area contributed by atoms with E-state index in [2.05, 4.69) is 40.4 Å². The van der Waals surface area contributed by atoms with Crippen molar-refractivity contribution in [2.75, 3.05) is 13.1 Å². The molecule has 0 aliphatic carbocycles. The number of nitrogens with zero attached hydrogens (tertiary/aromatic N) is 3. The van der Waals surface area contributed by atoms with Crippen molar-refractivity contribution in [1.82, 2.24) is 20.4 Å². The number of aryl methyl sites for hydroxylation is 1. The molecule has 5 heteroatoms. The van der Waals surface area contributed by atoms with Crippen LogP contribution in [0.15, 0.2) is 22.9 Å². The molecule has 1 saturated heterocycles. The highest BCUT2D eigenvalue weighted by atomic mass is 16.5. The monoisotopic (exact) mass is 272 g/mol. The Morgan fingerprint density at radius 2 is 2.30 bits per heavy atom. The van der Waals surface area contributed by atoms with Gasteiger partial charge in [-0.15, -0.1) is 0 Å². The first-order valence-electron chi connectivity index (χ1n) is 7.28. The molecule has 0 bridgehead atoms. The molecular formula is C15H20N4O.